The number of nitriles is 1. The predicted octanol–water partition coefficient (Wildman–Crippen LogP) is -1.13. The first kappa shape index (κ1) is 9.33. The van der Waals surface area contributed by atoms with Gasteiger partial charge in [-0.2, -0.15) is 5.26 Å². The van der Waals surface area contributed by atoms with Gasteiger partial charge >= 0.3 is 0 Å². The van der Waals surface area contributed by atoms with Gasteiger partial charge in [0.15, 0.2) is 11.7 Å². The molecule has 0 rings (SSSR count). The zero-order chi connectivity index (χ0) is 8.85. The Labute approximate surface area is 63.4 Å². The number of ketones is 1. The van der Waals surface area contributed by atoms with Crippen molar-refractivity contribution in [2.24, 2.45) is 11.8 Å². The number of carbonyl (C=O) groups excluding carboxylic acids is 2. The second-order valence-corrected chi connectivity index (χ2v) is 1.68. The number of hydrogen-bond donors (Lipinski definition) is 2. The Balaban J connectivity index is 4.43. The van der Waals surface area contributed by atoms with E-state index in [2.05, 4.69) is 6.58 Å². The lowest BCUT2D eigenvalue weighted by Crippen LogP contribution is -2.38. The van der Waals surface area contributed by atoms with Gasteiger partial charge in [0.2, 0.25) is 0 Å². The van der Waals surface area contributed by atoms with Crippen LogP contribution < -0.4 is 11.3 Å². The van der Waals surface area contributed by atoms with Crippen molar-refractivity contribution in [2.45, 2.75) is 0 Å². The van der Waals surface area contributed by atoms with Crippen molar-refractivity contribution in [3.8, 4) is 6.07 Å². The second-order valence-electron chi connectivity index (χ2n) is 1.68. The minimum atomic E-state index is -1.38. The zero-order valence-electron chi connectivity index (χ0n) is 5.70. The second kappa shape index (κ2) is 4.19. The lowest BCUT2D eigenvalue weighted by Gasteiger charge is -2.00. The molecule has 0 aliphatic heterocycles. The standard InChI is InChI=1S/C6H7N3O2/c1-2-5(10)4(3-7)6(11)9-8/h2,4H,1,8H2,(H,9,11). The largest absolute Gasteiger partial charge is 0.293 e. The van der Waals surface area contributed by atoms with Crippen LogP contribution in [0.15, 0.2) is 12.7 Å². The third-order valence-electron chi connectivity index (χ3n) is 1.02. The maximum atomic E-state index is 10.7. The molecule has 11 heavy (non-hydrogen) atoms. The highest BCUT2D eigenvalue weighted by Crippen LogP contribution is 1.96. The molecule has 0 fully saturated rings. The molecule has 0 aromatic rings. The SMILES string of the molecule is C=CC(=O)C(C#N)C(=O)NN. The summed E-state index contributed by atoms with van der Waals surface area (Å²) >= 11 is 0. The van der Waals surface area contributed by atoms with Crippen LogP contribution >= 0.6 is 0 Å². The van der Waals surface area contributed by atoms with Gasteiger partial charge in [-0.25, -0.2) is 5.84 Å². The van der Waals surface area contributed by atoms with E-state index in [4.69, 9.17) is 11.1 Å². The van der Waals surface area contributed by atoms with E-state index >= 15 is 0 Å². The molecule has 58 valence electrons. The number of amides is 1. The van der Waals surface area contributed by atoms with Crippen molar-refractivity contribution >= 4 is 11.7 Å². The summed E-state index contributed by atoms with van der Waals surface area (Å²) in [4.78, 5) is 21.3. The number of nitrogens with zero attached hydrogens (tertiary/aromatic N) is 1. The molecule has 1 atom stereocenters. The van der Waals surface area contributed by atoms with E-state index in [9.17, 15) is 9.59 Å². The Bertz CT molecular complexity index is 228. The molecular formula is C6H7N3O2. The smallest absolute Gasteiger partial charge is 0.259 e. The van der Waals surface area contributed by atoms with Gasteiger partial charge in [-0.05, 0) is 6.08 Å². The third-order valence-corrected chi connectivity index (χ3v) is 1.02. The van der Waals surface area contributed by atoms with Crippen LogP contribution in [0, 0.1) is 17.2 Å². The van der Waals surface area contributed by atoms with E-state index in [0.29, 0.717) is 0 Å². The average molecular weight is 153 g/mol. The molecule has 0 heterocycles. The number of carbonyl (C=O) groups is 2. The zero-order valence-corrected chi connectivity index (χ0v) is 5.70. The van der Waals surface area contributed by atoms with Crippen LogP contribution in [0.2, 0.25) is 0 Å². The maximum Gasteiger partial charge on any atom is 0.259 e. The van der Waals surface area contributed by atoms with Crippen LogP contribution in [0.3, 0.4) is 0 Å². The van der Waals surface area contributed by atoms with Gasteiger partial charge in [-0.1, -0.05) is 6.58 Å². The van der Waals surface area contributed by atoms with Crippen molar-refractivity contribution in [2.75, 3.05) is 0 Å². The van der Waals surface area contributed by atoms with E-state index in [-0.39, 0.29) is 0 Å². The summed E-state index contributed by atoms with van der Waals surface area (Å²) in [5, 5.41) is 8.29. The first-order valence-corrected chi connectivity index (χ1v) is 2.73. The van der Waals surface area contributed by atoms with E-state index in [1.54, 1.807) is 5.43 Å². The van der Waals surface area contributed by atoms with Crippen molar-refractivity contribution in [3.63, 3.8) is 0 Å². The maximum absolute atomic E-state index is 10.7. The molecule has 1 unspecified atom stereocenters. The van der Waals surface area contributed by atoms with Crippen molar-refractivity contribution in [1.29, 1.82) is 5.26 Å². The van der Waals surface area contributed by atoms with E-state index in [1.165, 1.54) is 6.07 Å². The lowest BCUT2D eigenvalue weighted by molar-refractivity contribution is -0.129. The van der Waals surface area contributed by atoms with E-state index < -0.39 is 17.6 Å². The fourth-order valence-corrected chi connectivity index (χ4v) is 0.453. The van der Waals surface area contributed by atoms with Crippen LogP contribution in [-0.2, 0) is 9.59 Å². The number of nitrogens with one attached hydrogen (secondary N) is 1. The fraction of sp³-hybridized carbons (Fsp3) is 0.167. The minimum absolute atomic E-state index is 0.657. The van der Waals surface area contributed by atoms with E-state index in [1.807, 2.05) is 0 Å². The highest BCUT2D eigenvalue weighted by molar-refractivity contribution is 6.08. The first-order chi connectivity index (χ1) is 5.17. The molecule has 3 N–H and O–H groups in total. The number of allylic oxidation sites excluding steroid dienone is 1. The number of nitrogens with two attached hydrogens (primary N) is 1. The molecule has 0 aliphatic rings. The van der Waals surface area contributed by atoms with Crippen molar-refractivity contribution < 1.29 is 9.59 Å². The quantitative estimate of drug-likeness (QED) is 0.176. The van der Waals surface area contributed by atoms with Gasteiger partial charge in [0.25, 0.3) is 5.91 Å². The summed E-state index contributed by atoms with van der Waals surface area (Å²) in [6.45, 7) is 3.12. The Hall–Kier alpha value is -1.67. The van der Waals surface area contributed by atoms with Crippen LogP contribution in [0.1, 0.15) is 0 Å². The summed E-state index contributed by atoms with van der Waals surface area (Å²) in [7, 11) is 0. The Kier molecular flexibility index (Phi) is 3.56. The Morgan fingerprint density at radius 3 is 2.55 bits per heavy atom. The summed E-state index contributed by atoms with van der Waals surface area (Å²) < 4.78 is 0. The molecule has 5 nitrogen and oxygen atoms in total. The molecule has 0 saturated carbocycles. The van der Waals surface area contributed by atoms with Gasteiger partial charge in [0.1, 0.15) is 0 Å². The average Bonchev–Trinajstić information content (AvgIpc) is 2.05. The summed E-state index contributed by atoms with van der Waals surface area (Å²) in [5.74, 6) is 1.85. The molecule has 0 radical (unpaired) electrons. The normalized spacial score (nSPS) is 10.9. The topological polar surface area (TPSA) is 96.0 Å². The summed E-state index contributed by atoms with van der Waals surface area (Å²) in [6, 6.07) is 1.49. The van der Waals surface area contributed by atoms with Crippen LogP contribution in [0.5, 0.6) is 0 Å². The highest BCUT2D eigenvalue weighted by atomic mass is 16.2. The molecular weight excluding hydrogens is 146 g/mol. The van der Waals surface area contributed by atoms with Gasteiger partial charge < -0.3 is 0 Å². The third kappa shape index (κ3) is 2.20. The van der Waals surface area contributed by atoms with Crippen LogP contribution in [0.4, 0.5) is 0 Å². The van der Waals surface area contributed by atoms with Crippen molar-refractivity contribution in [3.05, 3.63) is 12.7 Å². The van der Waals surface area contributed by atoms with E-state index in [0.717, 1.165) is 6.08 Å². The molecule has 0 aromatic heterocycles. The van der Waals surface area contributed by atoms with Crippen LogP contribution in [-0.4, -0.2) is 11.7 Å². The van der Waals surface area contributed by atoms with Gasteiger partial charge in [0, 0.05) is 0 Å². The first-order valence-electron chi connectivity index (χ1n) is 2.73. The molecule has 1 amide bonds. The van der Waals surface area contributed by atoms with Crippen molar-refractivity contribution in [1.82, 2.24) is 5.43 Å². The molecule has 0 bridgehead atoms. The number of hydrogen-bond acceptors (Lipinski definition) is 4. The highest BCUT2D eigenvalue weighted by Gasteiger charge is 2.22. The molecule has 0 saturated heterocycles. The predicted molar refractivity (Wildman–Crippen MR) is 36.6 cm³/mol. The Morgan fingerprint density at radius 1 is 1.73 bits per heavy atom. The number of hydrazine groups is 1. The minimum Gasteiger partial charge on any atom is -0.293 e. The molecule has 0 aliphatic carbocycles. The summed E-state index contributed by atoms with van der Waals surface area (Å²) in [6.07, 6.45) is 0.906. The Morgan fingerprint density at radius 2 is 2.27 bits per heavy atom. The lowest BCUT2D eigenvalue weighted by atomic mass is 10.1. The number of rotatable bonds is 3. The fourth-order valence-electron chi connectivity index (χ4n) is 0.453. The van der Waals surface area contributed by atoms with Crippen LogP contribution in [0.25, 0.3) is 0 Å². The van der Waals surface area contributed by atoms with Gasteiger partial charge in [-0.15, -0.1) is 0 Å². The molecule has 5 heteroatoms. The van der Waals surface area contributed by atoms with Gasteiger partial charge in [-0.3, -0.25) is 15.0 Å². The summed E-state index contributed by atoms with van der Waals surface area (Å²) in [5.41, 5.74) is 1.70. The monoisotopic (exact) mass is 153 g/mol. The van der Waals surface area contributed by atoms with Gasteiger partial charge in [0.05, 0.1) is 6.07 Å². The molecule has 0 aromatic carbocycles. The molecule has 0 spiro atoms.